The lowest BCUT2D eigenvalue weighted by Gasteiger charge is -1.97. The Morgan fingerprint density at radius 3 is 2.85 bits per heavy atom. The first kappa shape index (κ1) is 9.20. The maximum Gasteiger partial charge on any atom is 0.276 e. The van der Waals surface area contributed by atoms with Gasteiger partial charge in [0, 0.05) is 5.56 Å². The Morgan fingerprint density at radius 2 is 2.31 bits per heavy atom. The van der Waals surface area contributed by atoms with Crippen LogP contribution in [0, 0.1) is 12.4 Å². The zero-order valence-electron chi connectivity index (χ0n) is 6.62. The first-order valence-corrected chi connectivity index (χ1v) is 3.50. The number of aromatic hydroxyl groups is 1. The third-order valence-corrected chi connectivity index (χ3v) is 1.49. The van der Waals surface area contributed by atoms with E-state index in [-0.39, 0.29) is 12.1 Å². The number of hydrogen-bond donors (Lipinski definition) is 1. The van der Waals surface area contributed by atoms with Crippen molar-refractivity contribution in [2.75, 3.05) is 6.54 Å². The molecule has 0 spiro atoms. The smallest absolute Gasteiger partial charge is 0.276 e. The maximum atomic E-state index is 12.5. The molecule has 0 amide bonds. The molecule has 0 atom stereocenters. The molecule has 1 aromatic carbocycles. The molecule has 0 fully saturated rings. The summed E-state index contributed by atoms with van der Waals surface area (Å²) in [6.45, 7) is 6.16. The van der Waals surface area contributed by atoms with Gasteiger partial charge < -0.3 is 9.95 Å². The quantitative estimate of drug-likeness (QED) is 0.553. The Balaban J connectivity index is 2.98. The lowest BCUT2D eigenvalue weighted by Crippen LogP contribution is -2.01. The molecule has 4 heteroatoms. The summed E-state index contributed by atoms with van der Waals surface area (Å²) in [6.07, 6.45) is 0. The highest BCUT2D eigenvalue weighted by atomic mass is 19.1. The molecule has 0 heterocycles. The second-order valence-electron chi connectivity index (χ2n) is 2.41. The molecule has 1 aromatic rings. The van der Waals surface area contributed by atoms with Crippen molar-refractivity contribution in [3.8, 4) is 5.75 Å². The van der Waals surface area contributed by atoms with Gasteiger partial charge in [-0.05, 0) is 18.2 Å². The van der Waals surface area contributed by atoms with E-state index in [4.69, 9.17) is 11.7 Å². The summed E-state index contributed by atoms with van der Waals surface area (Å²) in [5.74, 6) is -1.78. The number of rotatable bonds is 2. The van der Waals surface area contributed by atoms with E-state index in [0.717, 1.165) is 12.1 Å². The number of carbonyl (C=O) groups is 1. The second kappa shape index (κ2) is 3.68. The summed E-state index contributed by atoms with van der Waals surface area (Å²) in [6, 6.07) is 3.25. The first-order chi connectivity index (χ1) is 6.15. The van der Waals surface area contributed by atoms with Crippen molar-refractivity contribution < 1.29 is 14.3 Å². The highest BCUT2D eigenvalue weighted by Crippen LogP contribution is 2.16. The molecule has 0 aliphatic rings. The van der Waals surface area contributed by atoms with Crippen LogP contribution in [-0.4, -0.2) is 17.4 Å². The molecule has 0 saturated carbocycles. The van der Waals surface area contributed by atoms with Crippen LogP contribution >= 0.6 is 0 Å². The molecular formula is C9H6FNO2. The SMILES string of the molecule is [C-]#[N+]CC(=O)c1ccc(F)c(O)c1. The molecule has 13 heavy (non-hydrogen) atoms. The van der Waals surface area contributed by atoms with E-state index < -0.39 is 17.3 Å². The molecule has 0 aliphatic carbocycles. The molecule has 0 bridgehead atoms. The standard InChI is InChI=1S/C9H6FNO2/c1-11-5-9(13)6-2-3-7(10)8(12)4-6/h2-4,12H,5H2. The third kappa shape index (κ3) is 2.03. The highest BCUT2D eigenvalue weighted by molar-refractivity contribution is 5.98. The van der Waals surface area contributed by atoms with E-state index >= 15 is 0 Å². The summed E-state index contributed by atoms with van der Waals surface area (Å²) in [4.78, 5) is 14.0. The molecule has 66 valence electrons. The largest absolute Gasteiger partial charge is 0.505 e. The van der Waals surface area contributed by atoms with Gasteiger partial charge in [-0.1, -0.05) is 0 Å². The van der Waals surface area contributed by atoms with Gasteiger partial charge in [0.15, 0.2) is 11.6 Å². The summed E-state index contributed by atoms with van der Waals surface area (Å²) in [5, 5.41) is 8.91. The number of hydrogen-bond acceptors (Lipinski definition) is 2. The fourth-order valence-electron chi connectivity index (χ4n) is 0.849. The van der Waals surface area contributed by atoms with Crippen LogP contribution in [0.1, 0.15) is 10.4 Å². The van der Waals surface area contributed by atoms with E-state index in [1.165, 1.54) is 6.07 Å². The number of carbonyl (C=O) groups excluding carboxylic acids is 1. The highest BCUT2D eigenvalue weighted by Gasteiger charge is 2.10. The van der Waals surface area contributed by atoms with Crippen LogP contribution in [0.4, 0.5) is 4.39 Å². The topological polar surface area (TPSA) is 41.7 Å². The molecule has 0 aromatic heterocycles. The minimum atomic E-state index is -0.778. The van der Waals surface area contributed by atoms with E-state index in [1.807, 2.05) is 0 Å². The third-order valence-electron chi connectivity index (χ3n) is 1.49. The Hall–Kier alpha value is -1.89. The van der Waals surface area contributed by atoms with Gasteiger partial charge in [0.2, 0.25) is 5.78 Å². The van der Waals surface area contributed by atoms with Crippen molar-refractivity contribution in [1.29, 1.82) is 0 Å². The maximum absolute atomic E-state index is 12.5. The van der Waals surface area contributed by atoms with Crippen LogP contribution < -0.4 is 0 Å². The van der Waals surface area contributed by atoms with Gasteiger partial charge in [-0.25, -0.2) is 11.0 Å². The van der Waals surface area contributed by atoms with Crippen LogP contribution in [0.25, 0.3) is 4.85 Å². The molecule has 1 rings (SSSR count). The number of phenolic OH excluding ortho intramolecular Hbond substituents is 1. The van der Waals surface area contributed by atoms with E-state index in [1.54, 1.807) is 0 Å². The Kier molecular flexibility index (Phi) is 2.60. The van der Waals surface area contributed by atoms with Gasteiger partial charge in [0.05, 0.1) is 0 Å². The summed E-state index contributed by atoms with van der Waals surface area (Å²) >= 11 is 0. The monoisotopic (exact) mass is 179 g/mol. The van der Waals surface area contributed by atoms with E-state index in [2.05, 4.69) is 4.85 Å². The van der Waals surface area contributed by atoms with Crippen LogP contribution in [0.3, 0.4) is 0 Å². The van der Waals surface area contributed by atoms with E-state index in [9.17, 15) is 9.18 Å². The molecule has 0 unspecified atom stereocenters. The molecule has 0 radical (unpaired) electrons. The molecule has 3 nitrogen and oxygen atoms in total. The first-order valence-electron chi connectivity index (χ1n) is 3.50. The van der Waals surface area contributed by atoms with Gasteiger partial charge in [0.1, 0.15) is 0 Å². The minimum Gasteiger partial charge on any atom is -0.505 e. The van der Waals surface area contributed by atoms with Crippen molar-refractivity contribution in [1.82, 2.24) is 0 Å². The average molecular weight is 179 g/mol. The molecule has 0 aliphatic heterocycles. The number of Topliss-reactive ketones (excluding diaryl/α,β-unsaturated/α-hetero) is 1. The Morgan fingerprint density at radius 1 is 1.62 bits per heavy atom. The zero-order chi connectivity index (χ0) is 9.84. The molecule has 1 N–H and O–H groups in total. The van der Waals surface area contributed by atoms with Gasteiger partial charge in [0.25, 0.3) is 6.54 Å². The summed E-state index contributed by atoms with van der Waals surface area (Å²) < 4.78 is 12.5. The van der Waals surface area contributed by atoms with Crippen molar-refractivity contribution in [2.45, 2.75) is 0 Å². The van der Waals surface area contributed by atoms with Gasteiger partial charge in [-0.3, -0.25) is 4.79 Å². The summed E-state index contributed by atoms with van der Waals surface area (Å²) in [7, 11) is 0. The van der Waals surface area contributed by atoms with Crippen molar-refractivity contribution >= 4 is 5.78 Å². The van der Waals surface area contributed by atoms with Gasteiger partial charge in [-0.2, -0.15) is 0 Å². The summed E-state index contributed by atoms with van der Waals surface area (Å²) in [5.41, 5.74) is 0.148. The van der Waals surface area contributed by atoms with Crippen LogP contribution in [0.2, 0.25) is 0 Å². The average Bonchev–Trinajstić information content (AvgIpc) is 2.10. The fraction of sp³-hybridized carbons (Fsp3) is 0.111. The lowest BCUT2D eigenvalue weighted by atomic mass is 10.1. The van der Waals surface area contributed by atoms with Crippen molar-refractivity contribution in [3.05, 3.63) is 41.0 Å². The predicted octanol–water partition coefficient (Wildman–Crippen LogP) is 1.63. The zero-order valence-corrected chi connectivity index (χ0v) is 6.62. The predicted molar refractivity (Wildman–Crippen MR) is 43.9 cm³/mol. The minimum absolute atomic E-state index is 0.148. The van der Waals surface area contributed by atoms with Crippen molar-refractivity contribution in [2.24, 2.45) is 0 Å². The number of nitrogens with zero attached hydrogens (tertiary/aromatic N) is 1. The Bertz CT molecular complexity index is 382. The number of halogens is 1. The van der Waals surface area contributed by atoms with Gasteiger partial charge in [-0.15, -0.1) is 0 Å². The second-order valence-corrected chi connectivity index (χ2v) is 2.41. The fourth-order valence-corrected chi connectivity index (χ4v) is 0.849. The van der Waals surface area contributed by atoms with E-state index in [0.29, 0.717) is 0 Å². The molecular weight excluding hydrogens is 173 g/mol. The molecule has 0 saturated heterocycles. The normalized spacial score (nSPS) is 9.23. The van der Waals surface area contributed by atoms with Crippen LogP contribution in [-0.2, 0) is 0 Å². The Labute approximate surface area is 74.3 Å². The lowest BCUT2D eigenvalue weighted by molar-refractivity contribution is 0.101. The van der Waals surface area contributed by atoms with Crippen LogP contribution in [0.15, 0.2) is 18.2 Å². The van der Waals surface area contributed by atoms with Crippen LogP contribution in [0.5, 0.6) is 5.75 Å². The van der Waals surface area contributed by atoms with Gasteiger partial charge >= 0.3 is 0 Å². The number of ketones is 1. The van der Waals surface area contributed by atoms with Crippen molar-refractivity contribution in [3.63, 3.8) is 0 Å². The number of benzene rings is 1. The number of phenols is 1.